The van der Waals surface area contributed by atoms with Gasteiger partial charge in [-0.2, -0.15) is 0 Å². The van der Waals surface area contributed by atoms with Crippen LogP contribution in [0.1, 0.15) is 25.7 Å². The maximum atomic E-state index is 6.05. The molecule has 0 spiro atoms. The van der Waals surface area contributed by atoms with Crippen molar-refractivity contribution in [3.8, 4) is 0 Å². The van der Waals surface area contributed by atoms with Crippen molar-refractivity contribution in [2.24, 2.45) is 0 Å². The molecule has 0 N–H and O–H groups in total. The summed E-state index contributed by atoms with van der Waals surface area (Å²) in [5, 5.41) is 0.151. The van der Waals surface area contributed by atoms with E-state index in [-0.39, 0.29) is 9.99 Å². The van der Waals surface area contributed by atoms with Crippen LogP contribution in [-0.2, 0) is 0 Å². The first kappa shape index (κ1) is 8.11. The van der Waals surface area contributed by atoms with Gasteiger partial charge in [0.25, 0.3) is 0 Å². The van der Waals surface area contributed by atoms with E-state index in [1.165, 1.54) is 12.8 Å². The number of rotatable bonds is 0. The lowest BCUT2D eigenvalue weighted by molar-refractivity contribution is 0.491. The molecule has 0 saturated heterocycles. The Bertz CT molecular complexity index is 103. The van der Waals surface area contributed by atoms with Crippen molar-refractivity contribution in [3.63, 3.8) is 0 Å². The second-order valence-corrected chi connectivity index (χ2v) is 5.27. The van der Waals surface area contributed by atoms with Gasteiger partial charge in [-0.05, 0) is 12.8 Å². The van der Waals surface area contributed by atoms with Crippen LogP contribution in [0.2, 0.25) is 0 Å². The number of alkyl halides is 2. The standard InChI is InChI=1S/C6H11Cl2P/c7-5-3-1-2-4-6(5,8)9/h5H,1-4,9H2. The SMILES string of the molecule is PC1(Cl)CCCCC1Cl. The Kier molecular flexibility index (Phi) is 2.65. The summed E-state index contributed by atoms with van der Waals surface area (Å²) in [5.74, 6) is 0. The van der Waals surface area contributed by atoms with Gasteiger partial charge in [0.05, 0.1) is 9.99 Å². The average Bonchev–Trinajstić information content (AvgIpc) is 1.77. The van der Waals surface area contributed by atoms with Gasteiger partial charge in [0.2, 0.25) is 0 Å². The Morgan fingerprint density at radius 1 is 1.44 bits per heavy atom. The summed E-state index contributed by atoms with van der Waals surface area (Å²) < 4.78 is -0.209. The lowest BCUT2D eigenvalue weighted by atomic mass is 9.99. The molecule has 54 valence electrons. The predicted octanol–water partition coefficient (Wildman–Crippen LogP) is 2.98. The molecule has 1 rings (SSSR count). The van der Waals surface area contributed by atoms with Gasteiger partial charge in [0.15, 0.2) is 0 Å². The van der Waals surface area contributed by atoms with E-state index in [0.29, 0.717) is 0 Å². The lowest BCUT2D eigenvalue weighted by Gasteiger charge is -2.31. The third kappa shape index (κ3) is 1.97. The maximum Gasteiger partial charge on any atom is 0.0746 e. The summed E-state index contributed by atoms with van der Waals surface area (Å²) >= 11 is 12.0. The summed E-state index contributed by atoms with van der Waals surface area (Å²) in [4.78, 5) is 0. The summed E-state index contributed by atoms with van der Waals surface area (Å²) in [5.41, 5.74) is 0. The molecule has 0 heterocycles. The highest BCUT2D eigenvalue weighted by Crippen LogP contribution is 2.42. The molecule has 0 amide bonds. The summed E-state index contributed by atoms with van der Waals surface area (Å²) in [6.07, 6.45) is 4.55. The zero-order valence-electron chi connectivity index (χ0n) is 5.24. The highest BCUT2D eigenvalue weighted by atomic mass is 35.5. The average molecular weight is 185 g/mol. The number of hydrogen-bond donors (Lipinski definition) is 0. The zero-order chi connectivity index (χ0) is 6.91. The number of halogens is 2. The Labute approximate surface area is 68.5 Å². The van der Waals surface area contributed by atoms with Gasteiger partial charge >= 0.3 is 0 Å². The molecule has 0 aromatic rings. The molecular weight excluding hydrogens is 174 g/mol. The molecule has 0 aromatic heterocycles. The van der Waals surface area contributed by atoms with Crippen molar-refractivity contribution in [1.29, 1.82) is 0 Å². The normalized spacial score (nSPS) is 45.0. The fourth-order valence-electron chi connectivity index (χ4n) is 1.12. The minimum absolute atomic E-state index is 0.151. The summed E-state index contributed by atoms with van der Waals surface area (Å²) in [6, 6.07) is 0. The predicted molar refractivity (Wildman–Crippen MR) is 46.4 cm³/mol. The van der Waals surface area contributed by atoms with Crippen molar-refractivity contribution in [1.82, 2.24) is 0 Å². The third-order valence-corrected chi connectivity index (χ3v) is 3.86. The molecule has 3 unspecified atom stereocenters. The molecule has 3 atom stereocenters. The van der Waals surface area contributed by atoms with Crippen LogP contribution in [0.5, 0.6) is 0 Å². The molecule has 1 fully saturated rings. The van der Waals surface area contributed by atoms with E-state index in [0.717, 1.165) is 12.8 Å². The fourth-order valence-corrected chi connectivity index (χ4v) is 1.99. The van der Waals surface area contributed by atoms with E-state index >= 15 is 0 Å². The molecule has 0 aliphatic heterocycles. The summed E-state index contributed by atoms with van der Waals surface area (Å²) in [7, 11) is 2.64. The fraction of sp³-hybridized carbons (Fsp3) is 1.00. The van der Waals surface area contributed by atoms with E-state index in [2.05, 4.69) is 9.24 Å². The summed E-state index contributed by atoms with van der Waals surface area (Å²) in [6.45, 7) is 0. The van der Waals surface area contributed by atoms with Crippen LogP contribution < -0.4 is 0 Å². The molecular formula is C6H11Cl2P. The molecule has 0 bridgehead atoms. The van der Waals surface area contributed by atoms with Crippen LogP contribution in [-0.4, -0.2) is 9.99 Å². The van der Waals surface area contributed by atoms with Crippen molar-refractivity contribution in [3.05, 3.63) is 0 Å². The van der Waals surface area contributed by atoms with Gasteiger partial charge in [-0.15, -0.1) is 32.4 Å². The van der Waals surface area contributed by atoms with Crippen LogP contribution in [0.4, 0.5) is 0 Å². The third-order valence-electron chi connectivity index (χ3n) is 1.79. The quantitative estimate of drug-likeness (QED) is 0.402. The molecule has 0 nitrogen and oxygen atoms in total. The van der Waals surface area contributed by atoms with E-state index in [1.54, 1.807) is 0 Å². The second kappa shape index (κ2) is 2.95. The van der Waals surface area contributed by atoms with Crippen molar-refractivity contribution >= 4 is 32.4 Å². The van der Waals surface area contributed by atoms with Crippen molar-refractivity contribution in [2.75, 3.05) is 0 Å². The molecule has 0 aromatic carbocycles. The first-order chi connectivity index (χ1) is 4.13. The Balaban J connectivity index is 2.49. The molecule has 1 aliphatic rings. The minimum atomic E-state index is -0.209. The van der Waals surface area contributed by atoms with E-state index < -0.39 is 0 Å². The molecule has 9 heavy (non-hydrogen) atoms. The van der Waals surface area contributed by atoms with Crippen LogP contribution in [0.15, 0.2) is 0 Å². The van der Waals surface area contributed by atoms with Crippen molar-refractivity contribution < 1.29 is 0 Å². The van der Waals surface area contributed by atoms with Gasteiger partial charge < -0.3 is 0 Å². The van der Waals surface area contributed by atoms with Gasteiger partial charge in [-0.1, -0.05) is 12.8 Å². The van der Waals surface area contributed by atoms with E-state index in [4.69, 9.17) is 23.2 Å². The minimum Gasteiger partial charge on any atom is -0.121 e. The van der Waals surface area contributed by atoms with Gasteiger partial charge in [0, 0.05) is 0 Å². The van der Waals surface area contributed by atoms with E-state index in [1.807, 2.05) is 0 Å². The van der Waals surface area contributed by atoms with Crippen LogP contribution in [0.25, 0.3) is 0 Å². The van der Waals surface area contributed by atoms with Crippen LogP contribution >= 0.6 is 32.4 Å². The lowest BCUT2D eigenvalue weighted by Crippen LogP contribution is -2.29. The molecule has 1 saturated carbocycles. The van der Waals surface area contributed by atoms with E-state index in [9.17, 15) is 0 Å². The first-order valence-corrected chi connectivity index (χ1v) is 4.64. The number of hydrogen-bond acceptors (Lipinski definition) is 0. The molecule has 0 radical (unpaired) electrons. The maximum absolute atomic E-state index is 6.05. The Morgan fingerprint density at radius 2 is 2.11 bits per heavy atom. The molecule has 3 heteroatoms. The first-order valence-electron chi connectivity index (χ1n) is 3.25. The van der Waals surface area contributed by atoms with Crippen LogP contribution in [0, 0.1) is 0 Å². The highest BCUT2D eigenvalue weighted by molar-refractivity contribution is 7.23. The van der Waals surface area contributed by atoms with Gasteiger partial charge in [-0.3, -0.25) is 0 Å². The second-order valence-electron chi connectivity index (χ2n) is 2.64. The van der Waals surface area contributed by atoms with Crippen LogP contribution in [0.3, 0.4) is 0 Å². The highest BCUT2D eigenvalue weighted by Gasteiger charge is 2.32. The molecule has 1 aliphatic carbocycles. The van der Waals surface area contributed by atoms with Gasteiger partial charge in [0.1, 0.15) is 0 Å². The van der Waals surface area contributed by atoms with Gasteiger partial charge in [-0.25, -0.2) is 0 Å². The Morgan fingerprint density at radius 3 is 2.44 bits per heavy atom. The Hall–Kier alpha value is 1.01. The zero-order valence-corrected chi connectivity index (χ0v) is 7.91. The smallest absolute Gasteiger partial charge is 0.0746 e. The van der Waals surface area contributed by atoms with Crippen molar-refractivity contribution in [2.45, 2.75) is 35.7 Å². The topological polar surface area (TPSA) is 0 Å². The monoisotopic (exact) mass is 184 g/mol. The largest absolute Gasteiger partial charge is 0.121 e.